The number of ether oxygens (including phenoxy) is 1. The molecule has 0 heterocycles. The third-order valence-electron chi connectivity index (χ3n) is 1.47. The van der Waals surface area contributed by atoms with E-state index in [0.29, 0.717) is 11.8 Å². The highest BCUT2D eigenvalue weighted by Gasteiger charge is 2.30. The van der Waals surface area contributed by atoms with Crippen LogP contribution in [0.4, 0.5) is 8.78 Å². The number of halogens is 2. The lowest BCUT2D eigenvalue weighted by molar-refractivity contribution is -0.200. The highest BCUT2D eigenvalue weighted by Crippen LogP contribution is 2.20. The molecule has 0 aliphatic carbocycles. The van der Waals surface area contributed by atoms with Gasteiger partial charge in [-0.2, -0.15) is 8.78 Å². The summed E-state index contributed by atoms with van der Waals surface area (Å²) in [7, 11) is 0. The van der Waals surface area contributed by atoms with Gasteiger partial charge in [-0.3, -0.25) is 4.79 Å². The van der Waals surface area contributed by atoms with Gasteiger partial charge >= 0.3 is 6.11 Å². The van der Waals surface area contributed by atoms with E-state index >= 15 is 0 Å². The molecule has 0 bridgehead atoms. The molecule has 0 aliphatic heterocycles. The van der Waals surface area contributed by atoms with Crippen LogP contribution in [0.15, 0.2) is 24.3 Å². The van der Waals surface area contributed by atoms with Gasteiger partial charge in [0.1, 0.15) is 18.6 Å². The molecule has 1 aromatic carbocycles. The molecule has 1 aromatic rings. The Hall–Kier alpha value is -1.49. The zero-order valence-corrected chi connectivity index (χ0v) is 7.11. The van der Waals surface area contributed by atoms with Crippen molar-refractivity contribution in [3.05, 3.63) is 29.8 Å². The summed E-state index contributed by atoms with van der Waals surface area (Å²) in [4.78, 5) is 10.2. The van der Waals surface area contributed by atoms with E-state index in [1.54, 1.807) is 0 Å². The minimum atomic E-state index is -3.59. The average molecular weight is 202 g/mol. The van der Waals surface area contributed by atoms with Gasteiger partial charge in [0.05, 0.1) is 0 Å². The maximum atomic E-state index is 12.5. The van der Waals surface area contributed by atoms with Crippen LogP contribution in [0, 0.1) is 0 Å². The Bertz CT molecular complexity index is 308. The molecular weight excluding hydrogens is 194 g/mol. The zero-order chi connectivity index (χ0) is 10.6. The molecule has 0 saturated carbocycles. The minimum absolute atomic E-state index is 0.102. The summed E-state index contributed by atoms with van der Waals surface area (Å²) < 4.78 is 29.1. The predicted octanol–water partition coefficient (Wildman–Crippen LogP) is 1.46. The van der Waals surface area contributed by atoms with Gasteiger partial charge in [0.15, 0.2) is 0 Å². The summed E-state index contributed by atoms with van der Waals surface area (Å²) in [5.41, 5.74) is 0.365. The van der Waals surface area contributed by atoms with E-state index in [9.17, 15) is 13.6 Å². The van der Waals surface area contributed by atoms with Crippen molar-refractivity contribution >= 4 is 6.29 Å². The van der Waals surface area contributed by atoms with Crippen LogP contribution in [-0.4, -0.2) is 24.1 Å². The van der Waals surface area contributed by atoms with Crippen LogP contribution in [0.5, 0.6) is 5.75 Å². The van der Waals surface area contributed by atoms with E-state index < -0.39 is 12.7 Å². The summed E-state index contributed by atoms with van der Waals surface area (Å²) in [5, 5.41) is 8.22. The molecule has 1 rings (SSSR count). The number of benzene rings is 1. The first-order valence-corrected chi connectivity index (χ1v) is 3.80. The van der Waals surface area contributed by atoms with Crippen molar-refractivity contribution in [2.75, 3.05) is 6.61 Å². The fourth-order valence-corrected chi connectivity index (χ4v) is 0.819. The molecule has 0 radical (unpaired) electrons. The van der Waals surface area contributed by atoms with Gasteiger partial charge in [-0.1, -0.05) is 0 Å². The van der Waals surface area contributed by atoms with Crippen molar-refractivity contribution in [3.63, 3.8) is 0 Å². The molecule has 0 amide bonds. The average Bonchev–Trinajstić information content (AvgIpc) is 2.19. The van der Waals surface area contributed by atoms with Crippen LogP contribution in [0.1, 0.15) is 10.4 Å². The predicted molar refractivity (Wildman–Crippen MR) is 44.5 cm³/mol. The molecule has 0 spiro atoms. The van der Waals surface area contributed by atoms with Gasteiger partial charge in [0.25, 0.3) is 0 Å². The molecule has 0 aromatic heterocycles. The van der Waals surface area contributed by atoms with Gasteiger partial charge in [-0.05, 0) is 24.3 Å². The molecule has 14 heavy (non-hydrogen) atoms. The van der Waals surface area contributed by atoms with E-state index in [-0.39, 0.29) is 5.75 Å². The van der Waals surface area contributed by atoms with Crippen molar-refractivity contribution in [2.45, 2.75) is 6.11 Å². The van der Waals surface area contributed by atoms with Gasteiger partial charge < -0.3 is 9.84 Å². The molecule has 0 fully saturated rings. The molecule has 0 aliphatic rings. The topological polar surface area (TPSA) is 46.5 Å². The molecule has 5 heteroatoms. The van der Waals surface area contributed by atoms with E-state index in [2.05, 4.69) is 4.74 Å². The molecule has 0 atom stereocenters. The molecule has 1 N–H and O–H groups in total. The number of carbonyl (C=O) groups is 1. The third kappa shape index (κ3) is 2.77. The fraction of sp³-hybridized carbons (Fsp3) is 0.222. The van der Waals surface area contributed by atoms with E-state index in [4.69, 9.17) is 5.11 Å². The van der Waals surface area contributed by atoms with Gasteiger partial charge in [0, 0.05) is 5.56 Å². The van der Waals surface area contributed by atoms with Crippen molar-refractivity contribution < 1.29 is 23.4 Å². The number of aliphatic hydroxyl groups is 1. The first kappa shape index (κ1) is 10.6. The molecule has 0 unspecified atom stereocenters. The van der Waals surface area contributed by atoms with Crippen LogP contribution >= 0.6 is 0 Å². The van der Waals surface area contributed by atoms with Crippen LogP contribution in [-0.2, 0) is 0 Å². The van der Waals surface area contributed by atoms with Crippen LogP contribution in [0.3, 0.4) is 0 Å². The lowest BCUT2D eigenvalue weighted by Crippen LogP contribution is -2.28. The Morgan fingerprint density at radius 1 is 1.36 bits per heavy atom. The van der Waals surface area contributed by atoms with E-state index in [1.165, 1.54) is 24.3 Å². The summed E-state index contributed by atoms with van der Waals surface area (Å²) in [6, 6.07) is 5.15. The second-order valence-electron chi connectivity index (χ2n) is 2.58. The van der Waals surface area contributed by atoms with Crippen LogP contribution in [0.2, 0.25) is 0 Å². The Kier molecular flexibility index (Phi) is 3.14. The maximum Gasteiger partial charge on any atom is 0.421 e. The summed E-state index contributed by atoms with van der Waals surface area (Å²) in [6.07, 6.45) is -3.00. The number of carbonyl (C=O) groups excluding carboxylic acids is 1. The first-order chi connectivity index (χ1) is 6.57. The second-order valence-corrected chi connectivity index (χ2v) is 2.58. The van der Waals surface area contributed by atoms with Gasteiger partial charge in [-0.15, -0.1) is 0 Å². The third-order valence-corrected chi connectivity index (χ3v) is 1.47. The lowest BCUT2D eigenvalue weighted by atomic mass is 10.2. The normalized spacial score (nSPS) is 11.1. The number of hydrogen-bond donors (Lipinski definition) is 1. The molecule has 76 valence electrons. The first-order valence-electron chi connectivity index (χ1n) is 3.80. The Balaban J connectivity index is 2.73. The quantitative estimate of drug-likeness (QED) is 0.752. The van der Waals surface area contributed by atoms with E-state index in [0.717, 1.165) is 0 Å². The lowest BCUT2D eigenvalue weighted by Gasteiger charge is -2.14. The highest BCUT2D eigenvalue weighted by molar-refractivity contribution is 5.74. The SMILES string of the molecule is O=Cc1ccc(OC(F)(F)CO)cc1. The summed E-state index contributed by atoms with van der Waals surface area (Å²) >= 11 is 0. The largest absolute Gasteiger partial charge is 0.431 e. The number of aldehydes is 1. The molecular formula is C9H8F2O3. The zero-order valence-electron chi connectivity index (χ0n) is 7.11. The Morgan fingerprint density at radius 2 is 1.93 bits per heavy atom. The monoisotopic (exact) mass is 202 g/mol. The summed E-state index contributed by atoms with van der Waals surface area (Å²) in [5.74, 6) is -0.102. The standard InChI is InChI=1S/C9H8F2O3/c10-9(11,6-13)14-8-3-1-7(5-12)2-4-8/h1-5,13H,6H2. The van der Waals surface area contributed by atoms with Crippen molar-refractivity contribution in [3.8, 4) is 5.75 Å². The smallest absolute Gasteiger partial charge is 0.421 e. The van der Waals surface area contributed by atoms with Gasteiger partial charge in [0.2, 0.25) is 0 Å². The minimum Gasteiger partial charge on any atom is -0.431 e. The molecule has 3 nitrogen and oxygen atoms in total. The second kappa shape index (κ2) is 4.15. The van der Waals surface area contributed by atoms with Crippen LogP contribution < -0.4 is 4.74 Å². The van der Waals surface area contributed by atoms with Crippen molar-refractivity contribution in [1.82, 2.24) is 0 Å². The number of hydrogen-bond acceptors (Lipinski definition) is 3. The Labute approximate surface area is 78.9 Å². The maximum absolute atomic E-state index is 12.5. The van der Waals surface area contributed by atoms with Crippen molar-refractivity contribution in [2.24, 2.45) is 0 Å². The van der Waals surface area contributed by atoms with Crippen LogP contribution in [0.25, 0.3) is 0 Å². The number of rotatable bonds is 4. The summed E-state index contributed by atoms with van der Waals surface area (Å²) in [6.45, 7) is -1.39. The molecule has 0 saturated heterocycles. The van der Waals surface area contributed by atoms with Gasteiger partial charge in [-0.25, -0.2) is 0 Å². The van der Waals surface area contributed by atoms with E-state index in [1.807, 2.05) is 0 Å². The highest BCUT2D eigenvalue weighted by atomic mass is 19.3. The van der Waals surface area contributed by atoms with Crippen molar-refractivity contribution in [1.29, 1.82) is 0 Å². The number of aliphatic hydroxyl groups excluding tert-OH is 1. The Morgan fingerprint density at radius 3 is 2.36 bits per heavy atom. The number of alkyl halides is 2. The fourth-order valence-electron chi connectivity index (χ4n) is 0.819.